The number of para-hydroxylation sites is 1. The standard InChI is InChI=1S/C23H29NO4S/c1-6-15-24(29(26,27)19-13-11-18(4)12-14-19)21(16-17(2)3)23(25)20-9-7-8-10-22(20)28-5/h1,7-14,17,21,23,25H,15-16H2,2-5H3/t21-,23+/m0/s1. The van der Waals surface area contributed by atoms with Crippen molar-refractivity contribution in [2.24, 2.45) is 5.92 Å². The van der Waals surface area contributed by atoms with Gasteiger partial charge in [0.1, 0.15) is 5.75 Å². The number of aryl methyl sites for hydroxylation is 1. The number of nitrogens with zero attached hydrogens (tertiary/aromatic N) is 1. The lowest BCUT2D eigenvalue weighted by Crippen LogP contribution is -2.44. The molecule has 0 amide bonds. The molecule has 0 radical (unpaired) electrons. The molecule has 0 bridgehead atoms. The normalized spacial score (nSPS) is 13.9. The molecule has 0 unspecified atom stereocenters. The number of hydrogen-bond donors (Lipinski definition) is 1. The lowest BCUT2D eigenvalue weighted by Gasteiger charge is -2.34. The van der Waals surface area contributed by atoms with E-state index in [-0.39, 0.29) is 17.4 Å². The predicted octanol–water partition coefficient (Wildman–Crippen LogP) is 3.78. The van der Waals surface area contributed by atoms with Gasteiger partial charge < -0.3 is 9.84 Å². The number of benzene rings is 2. The summed E-state index contributed by atoms with van der Waals surface area (Å²) in [5, 5.41) is 11.2. The van der Waals surface area contributed by atoms with Crippen molar-refractivity contribution in [2.45, 2.75) is 44.2 Å². The Morgan fingerprint density at radius 1 is 1.14 bits per heavy atom. The van der Waals surface area contributed by atoms with Crippen molar-refractivity contribution in [2.75, 3.05) is 13.7 Å². The summed E-state index contributed by atoms with van der Waals surface area (Å²) in [6.45, 7) is 5.71. The Labute approximate surface area is 174 Å². The molecule has 2 atom stereocenters. The Kier molecular flexibility index (Phi) is 7.86. The minimum absolute atomic E-state index is 0.137. The molecule has 0 aromatic heterocycles. The van der Waals surface area contributed by atoms with Gasteiger partial charge in [-0.05, 0) is 37.5 Å². The zero-order valence-corrected chi connectivity index (χ0v) is 18.2. The third kappa shape index (κ3) is 5.39. The van der Waals surface area contributed by atoms with Gasteiger partial charge in [0.05, 0.1) is 30.7 Å². The van der Waals surface area contributed by atoms with Crippen LogP contribution in [0.3, 0.4) is 0 Å². The monoisotopic (exact) mass is 415 g/mol. The van der Waals surface area contributed by atoms with Crippen LogP contribution in [0.15, 0.2) is 53.4 Å². The van der Waals surface area contributed by atoms with Crippen molar-refractivity contribution in [3.63, 3.8) is 0 Å². The maximum Gasteiger partial charge on any atom is 0.244 e. The molecule has 0 aliphatic rings. The Hall–Kier alpha value is -2.33. The van der Waals surface area contributed by atoms with E-state index in [1.54, 1.807) is 48.5 Å². The SMILES string of the molecule is C#CCN([C@@H](CC(C)C)[C@H](O)c1ccccc1OC)S(=O)(=O)c1ccc(C)cc1. The maximum atomic E-state index is 13.4. The van der Waals surface area contributed by atoms with Crippen molar-refractivity contribution in [3.8, 4) is 18.1 Å². The van der Waals surface area contributed by atoms with Crippen LogP contribution in [0.5, 0.6) is 5.75 Å². The highest BCUT2D eigenvalue weighted by Gasteiger charge is 2.37. The average molecular weight is 416 g/mol. The first-order chi connectivity index (χ1) is 13.7. The van der Waals surface area contributed by atoms with Gasteiger partial charge in [0.25, 0.3) is 0 Å². The van der Waals surface area contributed by atoms with Crippen molar-refractivity contribution in [1.82, 2.24) is 4.31 Å². The molecule has 1 N–H and O–H groups in total. The summed E-state index contributed by atoms with van der Waals surface area (Å²) in [6, 6.07) is 12.9. The smallest absolute Gasteiger partial charge is 0.244 e. The Morgan fingerprint density at radius 3 is 2.31 bits per heavy atom. The fourth-order valence-corrected chi connectivity index (χ4v) is 4.87. The fourth-order valence-electron chi connectivity index (χ4n) is 3.32. The number of sulfonamides is 1. The van der Waals surface area contributed by atoms with E-state index in [4.69, 9.17) is 11.2 Å². The molecule has 2 rings (SSSR count). The number of hydrogen-bond acceptors (Lipinski definition) is 4. The van der Waals surface area contributed by atoms with Gasteiger partial charge in [-0.1, -0.05) is 55.7 Å². The number of aliphatic hydroxyl groups is 1. The highest BCUT2D eigenvalue weighted by molar-refractivity contribution is 7.89. The van der Waals surface area contributed by atoms with Crippen molar-refractivity contribution >= 4 is 10.0 Å². The quantitative estimate of drug-likeness (QED) is 0.633. The predicted molar refractivity (Wildman–Crippen MR) is 115 cm³/mol. The van der Waals surface area contributed by atoms with E-state index in [2.05, 4.69) is 5.92 Å². The van der Waals surface area contributed by atoms with E-state index in [0.29, 0.717) is 17.7 Å². The first-order valence-electron chi connectivity index (χ1n) is 9.55. The zero-order chi connectivity index (χ0) is 21.6. The largest absolute Gasteiger partial charge is 0.496 e. The van der Waals surface area contributed by atoms with Crippen LogP contribution >= 0.6 is 0 Å². The molecular formula is C23H29NO4S. The summed E-state index contributed by atoms with van der Waals surface area (Å²) in [5.74, 6) is 3.09. The Balaban J connectivity index is 2.56. The molecule has 6 heteroatoms. The van der Waals surface area contributed by atoms with Crippen molar-refractivity contribution < 1.29 is 18.3 Å². The maximum absolute atomic E-state index is 13.4. The average Bonchev–Trinajstić information content (AvgIpc) is 2.70. The van der Waals surface area contributed by atoms with E-state index in [9.17, 15) is 13.5 Å². The highest BCUT2D eigenvalue weighted by Crippen LogP contribution is 2.34. The van der Waals surface area contributed by atoms with Gasteiger partial charge in [0.2, 0.25) is 10.0 Å². The van der Waals surface area contributed by atoms with Gasteiger partial charge in [-0.3, -0.25) is 0 Å². The van der Waals surface area contributed by atoms with E-state index in [0.717, 1.165) is 5.56 Å². The Morgan fingerprint density at radius 2 is 1.76 bits per heavy atom. The second-order valence-corrected chi connectivity index (χ2v) is 9.34. The molecule has 2 aromatic rings. The number of aliphatic hydroxyl groups excluding tert-OH is 1. The highest BCUT2D eigenvalue weighted by atomic mass is 32.2. The molecule has 0 aliphatic heterocycles. The Bertz CT molecular complexity index is 946. The molecule has 29 heavy (non-hydrogen) atoms. The summed E-state index contributed by atoms with van der Waals surface area (Å²) in [7, 11) is -2.39. The molecular weight excluding hydrogens is 386 g/mol. The lowest BCUT2D eigenvalue weighted by molar-refractivity contribution is 0.0796. The van der Waals surface area contributed by atoms with E-state index < -0.39 is 22.2 Å². The summed E-state index contributed by atoms with van der Waals surface area (Å²) in [5.41, 5.74) is 1.49. The van der Waals surface area contributed by atoms with Crippen LogP contribution in [0.1, 0.15) is 37.5 Å². The van der Waals surface area contributed by atoms with Gasteiger partial charge in [0, 0.05) is 5.56 Å². The summed E-state index contributed by atoms with van der Waals surface area (Å²) < 4.78 is 33.5. The van der Waals surface area contributed by atoms with Crippen LogP contribution in [0.4, 0.5) is 0 Å². The van der Waals surface area contributed by atoms with Gasteiger partial charge in [-0.25, -0.2) is 8.42 Å². The minimum atomic E-state index is -3.91. The van der Waals surface area contributed by atoms with Crippen LogP contribution in [0.25, 0.3) is 0 Å². The van der Waals surface area contributed by atoms with E-state index in [1.165, 1.54) is 11.4 Å². The minimum Gasteiger partial charge on any atom is -0.496 e. The summed E-state index contributed by atoms with van der Waals surface area (Å²) >= 11 is 0. The molecule has 0 saturated heterocycles. The second kappa shape index (κ2) is 9.93. The van der Waals surface area contributed by atoms with Crippen molar-refractivity contribution in [1.29, 1.82) is 0 Å². The van der Waals surface area contributed by atoms with Crippen LogP contribution in [0, 0.1) is 25.2 Å². The first-order valence-corrected chi connectivity index (χ1v) is 11.0. The molecule has 0 saturated carbocycles. The van der Waals surface area contributed by atoms with Gasteiger partial charge in [0.15, 0.2) is 0 Å². The molecule has 156 valence electrons. The van der Waals surface area contributed by atoms with Gasteiger partial charge in [-0.15, -0.1) is 6.42 Å². The van der Waals surface area contributed by atoms with Crippen LogP contribution in [-0.2, 0) is 10.0 Å². The van der Waals surface area contributed by atoms with E-state index >= 15 is 0 Å². The third-order valence-corrected chi connectivity index (χ3v) is 6.66. The molecule has 0 aliphatic carbocycles. The van der Waals surface area contributed by atoms with Gasteiger partial charge in [-0.2, -0.15) is 4.31 Å². The third-order valence-electron chi connectivity index (χ3n) is 4.78. The van der Waals surface area contributed by atoms with Gasteiger partial charge >= 0.3 is 0 Å². The lowest BCUT2D eigenvalue weighted by atomic mass is 9.94. The first kappa shape index (κ1) is 23.0. The van der Waals surface area contributed by atoms with Crippen molar-refractivity contribution in [3.05, 3.63) is 59.7 Å². The van der Waals surface area contributed by atoms with Crippen LogP contribution in [-0.4, -0.2) is 37.5 Å². The number of ether oxygens (including phenoxy) is 1. The molecule has 2 aromatic carbocycles. The molecule has 0 fully saturated rings. The number of methoxy groups -OCH3 is 1. The van der Waals surface area contributed by atoms with E-state index in [1.807, 2.05) is 20.8 Å². The van der Waals surface area contributed by atoms with Crippen LogP contribution in [0.2, 0.25) is 0 Å². The fraction of sp³-hybridized carbons (Fsp3) is 0.391. The summed E-state index contributed by atoms with van der Waals surface area (Å²) in [4.78, 5) is 0.152. The molecule has 0 spiro atoms. The molecule has 5 nitrogen and oxygen atoms in total. The number of rotatable bonds is 9. The molecule has 0 heterocycles. The second-order valence-electron chi connectivity index (χ2n) is 7.45. The topological polar surface area (TPSA) is 66.8 Å². The number of terminal acetylenes is 1. The summed E-state index contributed by atoms with van der Waals surface area (Å²) in [6.07, 6.45) is 4.87. The van der Waals surface area contributed by atoms with Crippen LogP contribution < -0.4 is 4.74 Å². The zero-order valence-electron chi connectivity index (χ0n) is 17.4.